The second-order valence-electron chi connectivity index (χ2n) is 7.63. The molecule has 3 aromatic rings. The molecule has 0 spiro atoms. The third-order valence-electron chi connectivity index (χ3n) is 5.30. The zero-order chi connectivity index (χ0) is 23.8. The molecule has 0 saturated heterocycles. The van der Waals surface area contributed by atoms with Crippen LogP contribution in [0.3, 0.4) is 0 Å². The Kier molecular flexibility index (Phi) is 6.19. The van der Waals surface area contributed by atoms with Gasteiger partial charge in [0.1, 0.15) is 0 Å². The highest BCUT2D eigenvalue weighted by molar-refractivity contribution is 5.55. The number of alkyl halides is 2. The first-order valence-corrected chi connectivity index (χ1v) is 10.5. The van der Waals surface area contributed by atoms with Gasteiger partial charge < -0.3 is 14.2 Å². The van der Waals surface area contributed by atoms with Crippen LogP contribution in [0.5, 0.6) is 23.0 Å². The molecule has 4 rings (SSSR count). The summed E-state index contributed by atoms with van der Waals surface area (Å²) in [7, 11) is 0. The molecular formula is C25H21F5O3. The van der Waals surface area contributed by atoms with Gasteiger partial charge in [-0.15, -0.1) is 0 Å². The van der Waals surface area contributed by atoms with Crippen molar-refractivity contribution < 1.29 is 36.2 Å². The highest BCUT2D eigenvalue weighted by Gasteiger charge is 2.37. The molecule has 0 unspecified atom stereocenters. The Hall–Kier alpha value is -3.29. The number of halogens is 5. The van der Waals surface area contributed by atoms with E-state index in [0.717, 1.165) is 24.5 Å². The topological polar surface area (TPSA) is 27.7 Å². The molecule has 3 aromatic carbocycles. The smallest absolute Gasteiger partial charge is 0.426 e. The van der Waals surface area contributed by atoms with Gasteiger partial charge in [-0.1, -0.05) is 31.5 Å². The van der Waals surface area contributed by atoms with Gasteiger partial charge in [0, 0.05) is 17.5 Å². The van der Waals surface area contributed by atoms with Crippen molar-refractivity contribution in [2.75, 3.05) is 6.61 Å². The van der Waals surface area contributed by atoms with Gasteiger partial charge in [0.25, 0.3) is 0 Å². The van der Waals surface area contributed by atoms with E-state index < -0.39 is 40.6 Å². The van der Waals surface area contributed by atoms with E-state index in [1.807, 2.05) is 6.92 Å². The summed E-state index contributed by atoms with van der Waals surface area (Å²) < 4.78 is 88.5. The number of fused-ring (bicyclic) bond motifs is 2. The van der Waals surface area contributed by atoms with Crippen LogP contribution in [0.1, 0.15) is 42.5 Å². The molecule has 1 heterocycles. The molecule has 0 aliphatic carbocycles. The van der Waals surface area contributed by atoms with E-state index >= 15 is 0 Å². The minimum atomic E-state index is -3.90. The van der Waals surface area contributed by atoms with E-state index in [1.54, 1.807) is 6.92 Å². The van der Waals surface area contributed by atoms with Crippen LogP contribution in [0.2, 0.25) is 0 Å². The van der Waals surface area contributed by atoms with Gasteiger partial charge in [-0.3, -0.25) is 0 Å². The maximum Gasteiger partial charge on any atom is 0.426 e. The number of ether oxygens (including phenoxy) is 3. The number of hydrogen-bond acceptors (Lipinski definition) is 3. The maximum atomic E-state index is 14.8. The number of rotatable bonds is 7. The fourth-order valence-corrected chi connectivity index (χ4v) is 3.70. The second-order valence-corrected chi connectivity index (χ2v) is 7.63. The summed E-state index contributed by atoms with van der Waals surface area (Å²) >= 11 is 0. The lowest BCUT2D eigenvalue weighted by Crippen LogP contribution is -2.23. The first-order valence-electron chi connectivity index (χ1n) is 10.5. The quantitative estimate of drug-likeness (QED) is 0.269. The van der Waals surface area contributed by atoms with Crippen molar-refractivity contribution in [3.05, 3.63) is 82.2 Å². The number of benzene rings is 3. The Balaban J connectivity index is 1.65. The zero-order valence-electron chi connectivity index (χ0n) is 18.0. The largest absolute Gasteiger partial charge is 0.491 e. The molecule has 1 aliphatic heterocycles. The molecule has 0 atom stereocenters. The fourth-order valence-electron chi connectivity index (χ4n) is 3.70. The molecule has 0 saturated carbocycles. The molecular weight excluding hydrogens is 443 g/mol. The summed E-state index contributed by atoms with van der Waals surface area (Å²) in [6.07, 6.45) is -2.39. The van der Waals surface area contributed by atoms with Crippen LogP contribution in [-0.2, 0) is 19.0 Å². The van der Waals surface area contributed by atoms with Crippen LogP contribution in [0.4, 0.5) is 22.0 Å². The first kappa shape index (κ1) is 22.9. The van der Waals surface area contributed by atoms with Gasteiger partial charge in [-0.25, -0.2) is 0 Å². The molecule has 0 amide bonds. The summed E-state index contributed by atoms with van der Waals surface area (Å²) in [5.41, 5.74) is 0.762. The molecule has 0 radical (unpaired) electrons. The Morgan fingerprint density at radius 2 is 1.55 bits per heavy atom. The lowest BCUT2D eigenvalue weighted by atomic mass is 9.99. The molecule has 3 nitrogen and oxygen atoms in total. The minimum Gasteiger partial charge on any atom is -0.491 e. The summed E-state index contributed by atoms with van der Waals surface area (Å²) in [6.45, 7) is 3.83. The lowest BCUT2D eigenvalue weighted by Gasteiger charge is -2.24. The molecule has 0 aromatic heterocycles. The molecule has 0 N–H and O–H groups in total. The monoisotopic (exact) mass is 464 g/mol. The van der Waals surface area contributed by atoms with Crippen molar-refractivity contribution in [2.24, 2.45) is 0 Å². The highest BCUT2D eigenvalue weighted by Crippen LogP contribution is 2.45. The van der Waals surface area contributed by atoms with Gasteiger partial charge in [0.15, 0.2) is 23.0 Å². The van der Waals surface area contributed by atoms with E-state index in [-0.39, 0.29) is 30.1 Å². The second kappa shape index (κ2) is 8.92. The minimum absolute atomic E-state index is 0.0500. The fraction of sp³-hybridized carbons (Fsp3) is 0.280. The van der Waals surface area contributed by atoms with Crippen molar-refractivity contribution >= 4 is 0 Å². The molecule has 174 valence electrons. The van der Waals surface area contributed by atoms with E-state index in [0.29, 0.717) is 5.56 Å². The first-order chi connectivity index (χ1) is 15.7. The SMILES string of the molecule is CCCc1ccc(C(F)(F)Oc2cc3c(c(F)c2F)Oc2c(ccc(OCC)c2F)C3)cc1. The van der Waals surface area contributed by atoms with Crippen LogP contribution < -0.4 is 14.2 Å². The van der Waals surface area contributed by atoms with Gasteiger partial charge in [-0.05, 0) is 43.2 Å². The Labute approximate surface area is 187 Å². The van der Waals surface area contributed by atoms with Crippen molar-refractivity contribution in [1.82, 2.24) is 0 Å². The predicted octanol–water partition coefficient (Wildman–Crippen LogP) is 7.28. The number of hydrogen-bond donors (Lipinski definition) is 0. The van der Waals surface area contributed by atoms with Crippen molar-refractivity contribution in [3.8, 4) is 23.0 Å². The van der Waals surface area contributed by atoms with Gasteiger partial charge in [0.2, 0.25) is 17.5 Å². The highest BCUT2D eigenvalue weighted by atomic mass is 19.3. The van der Waals surface area contributed by atoms with E-state index in [1.165, 1.54) is 36.4 Å². The molecule has 0 fully saturated rings. The van der Waals surface area contributed by atoms with Crippen LogP contribution in [0.15, 0.2) is 42.5 Å². The molecule has 33 heavy (non-hydrogen) atoms. The lowest BCUT2D eigenvalue weighted by molar-refractivity contribution is -0.187. The summed E-state index contributed by atoms with van der Waals surface area (Å²) in [6, 6.07) is 9.31. The van der Waals surface area contributed by atoms with Crippen LogP contribution in [0.25, 0.3) is 0 Å². The summed E-state index contributed by atoms with van der Waals surface area (Å²) in [5, 5.41) is 0. The molecule has 1 aliphatic rings. The summed E-state index contributed by atoms with van der Waals surface area (Å²) in [5.74, 6) is -5.97. The normalized spacial score (nSPS) is 12.6. The Morgan fingerprint density at radius 1 is 0.848 bits per heavy atom. The van der Waals surface area contributed by atoms with Crippen molar-refractivity contribution in [3.63, 3.8) is 0 Å². The van der Waals surface area contributed by atoms with Gasteiger partial charge in [0.05, 0.1) is 12.2 Å². The summed E-state index contributed by atoms with van der Waals surface area (Å²) in [4.78, 5) is 0. The third-order valence-corrected chi connectivity index (χ3v) is 5.30. The Bertz CT molecular complexity index is 1180. The average Bonchev–Trinajstić information content (AvgIpc) is 2.79. The van der Waals surface area contributed by atoms with E-state index in [2.05, 4.69) is 4.74 Å². The average molecular weight is 464 g/mol. The van der Waals surface area contributed by atoms with E-state index in [4.69, 9.17) is 9.47 Å². The van der Waals surface area contributed by atoms with E-state index in [9.17, 15) is 22.0 Å². The molecule has 0 bridgehead atoms. The van der Waals surface area contributed by atoms with Crippen molar-refractivity contribution in [1.29, 1.82) is 0 Å². The predicted molar refractivity (Wildman–Crippen MR) is 112 cm³/mol. The van der Waals surface area contributed by atoms with Crippen molar-refractivity contribution in [2.45, 2.75) is 39.2 Å². The van der Waals surface area contributed by atoms with Gasteiger partial charge >= 0.3 is 6.11 Å². The zero-order valence-corrected chi connectivity index (χ0v) is 18.0. The van der Waals surface area contributed by atoms with Crippen LogP contribution in [-0.4, -0.2) is 6.61 Å². The van der Waals surface area contributed by atoms with Gasteiger partial charge in [-0.2, -0.15) is 22.0 Å². The third kappa shape index (κ3) is 4.34. The number of aryl methyl sites for hydroxylation is 1. The standard InChI is InChI=1S/C25H21F5O3/c1-3-5-14-6-9-17(10-7-14)25(29,30)33-19-13-16-12-15-8-11-18(31-4-2)21(27)23(15)32-24(16)22(28)20(19)26/h6-11,13H,3-5,12H2,1-2H3. The van der Waals surface area contributed by atoms with Crippen LogP contribution >= 0.6 is 0 Å². The maximum absolute atomic E-state index is 14.8. The molecule has 8 heteroatoms. The Morgan fingerprint density at radius 3 is 2.21 bits per heavy atom. The van der Waals surface area contributed by atoms with Crippen LogP contribution in [0, 0.1) is 17.5 Å².